The van der Waals surface area contributed by atoms with Crippen molar-refractivity contribution in [3.63, 3.8) is 0 Å². The monoisotopic (exact) mass is 467 g/mol. The van der Waals surface area contributed by atoms with E-state index in [0.717, 1.165) is 27.6 Å². The van der Waals surface area contributed by atoms with Gasteiger partial charge in [-0.1, -0.05) is 12.1 Å². The third kappa shape index (κ3) is 5.20. The van der Waals surface area contributed by atoms with E-state index >= 15 is 0 Å². The number of amides is 1. The van der Waals surface area contributed by atoms with Crippen molar-refractivity contribution in [3.05, 3.63) is 64.1 Å². The summed E-state index contributed by atoms with van der Waals surface area (Å²) < 4.78 is 28.2. The molecule has 0 radical (unpaired) electrons. The molecule has 1 aliphatic heterocycles. The lowest BCUT2D eigenvalue weighted by molar-refractivity contribution is -0.131. The Morgan fingerprint density at radius 1 is 1.11 bits per heavy atom. The quantitative estimate of drug-likeness (QED) is 0.425. The largest absolute Gasteiger partial charge is 0.343 e. The Balaban J connectivity index is 1.48. The highest BCUT2D eigenvalue weighted by molar-refractivity contribution is 9.10. The Morgan fingerprint density at radius 3 is 2.54 bits per heavy atom. The van der Waals surface area contributed by atoms with Crippen LogP contribution >= 0.6 is 27.7 Å². The van der Waals surface area contributed by atoms with Crippen molar-refractivity contribution in [2.24, 2.45) is 5.92 Å². The minimum absolute atomic E-state index is 0.0578. The molecule has 0 bridgehead atoms. The Labute approximate surface area is 175 Å². The van der Waals surface area contributed by atoms with E-state index in [0.29, 0.717) is 38.1 Å². The van der Waals surface area contributed by atoms with E-state index in [-0.39, 0.29) is 23.2 Å². The lowest BCUT2D eigenvalue weighted by atomic mass is 9.88. The minimum atomic E-state index is -0.700. The van der Waals surface area contributed by atoms with E-state index in [1.165, 1.54) is 0 Å². The Kier molecular flexibility index (Phi) is 7.24. The fourth-order valence-corrected chi connectivity index (χ4v) is 4.77. The molecular weight excluding hydrogens is 448 g/mol. The van der Waals surface area contributed by atoms with Gasteiger partial charge in [-0.15, -0.1) is 11.8 Å². The first-order chi connectivity index (χ1) is 13.5. The summed E-state index contributed by atoms with van der Waals surface area (Å²) >= 11 is 5.11. The molecule has 148 valence electrons. The molecule has 0 saturated carbocycles. The normalized spacial score (nSPS) is 14.9. The van der Waals surface area contributed by atoms with Crippen molar-refractivity contribution in [3.8, 4) is 0 Å². The molecular formula is C21H20BrF2NO2S. The summed E-state index contributed by atoms with van der Waals surface area (Å²) in [4.78, 5) is 27.8. The molecule has 7 heteroatoms. The third-order valence-corrected chi connectivity index (χ3v) is 6.85. The van der Waals surface area contributed by atoms with E-state index in [9.17, 15) is 18.4 Å². The first-order valence-electron chi connectivity index (χ1n) is 9.10. The van der Waals surface area contributed by atoms with Gasteiger partial charge in [0.25, 0.3) is 0 Å². The number of Topliss-reactive ketones (excluding diaryl/α,β-unsaturated/α-hetero) is 1. The second-order valence-electron chi connectivity index (χ2n) is 6.67. The van der Waals surface area contributed by atoms with Gasteiger partial charge in [0.15, 0.2) is 5.78 Å². The summed E-state index contributed by atoms with van der Waals surface area (Å²) in [5.41, 5.74) is -0.199. The van der Waals surface area contributed by atoms with E-state index in [1.54, 1.807) is 16.7 Å². The van der Waals surface area contributed by atoms with Crippen molar-refractivity contribution >= 4 is 39.4 Å². The van der Waals surface area contributed by atoms with Crippen LogP contribution in [-0.4, -0.2) is 35.4 Å². The fourth-order valence-electron chi connectivity index (χ4n) is 3.27. The maximum atomic E-state index is 13.8. The van der Waals surface area contributed by atoms with Gasteiger partial charge in [0, 0.05) is 40.5 Å². The zero-order chi connectivity index (χ0) is 20.1. The average molecular weight is 468 g/mol. The average Bonchev–Trinajstić information content (AvgIpc) is 2.71. The fraction of sp³-hybridized carbons (Fsp3) is 0.333. The molecule has 3 nitrogen and oxygen atoms in total. The second kappa shape index (κ2) is 9.65. The van der Waals surface area contributed by atoms with Crippen LogP contribution in [0, 0.1) is 17.6 Å². The van der Waals surface area contributed by atoms with Gasteiger partial charge >= 0.3 is 0 Å². The van der Waals surface area contributed by atoms with Gasteiger partial charge in [0.1, 0.15) is 11.6 Å². The number of nitrogens with zero attached hydrogens (tertiary/aromatic N) is 1. The molecule has 1 amide bonds. The zero-order valence-electron chi connectivity index (χ0n) is 15.2. The number of hydrogen-bond donors (Lipinski definition) is 0. The Hall–Kier alpha value is -1.73. The van der Waals surface area contributed by atoms with Gasteiger partial charge in [0.2, 0.25) is 5.91 Å². The van der Waals surface area contributed by atoms with Crippen LogP contribution < -0.4 is 0 Å². The highest BCUT2D eigenvalue weighted by atomic mass is 79.9. The van der Waals surface area contributed by atoms with Crippen molar-refractivity contribution in [2.45, 2.75) is 24.2 Å². The molecule has 2 aromatic carbocycles. The molecule has 0 aliphatic carbocycles. The van der Waals surface area contributed by atoms with Crippen LogP contribution in [0.1, 0.15) is 29.6 Å². The molecule has 0 aromatic heterocycles. The van der Waals surface area contributed by atoms with Crippen molar-refractivity contribution in [1.82, 2.24) is 4.90 Å². The molecule has 0 N–H and O–H groups in total. The summed E-state index contributed by atoms with van der Waals surface area (Å²) in [7, 11) is 0. The van der Waals surface area contributed by atoms with Crippen LogP contribution in [0.15, 0.2) is 51.8 Å². The molecule has 0 atom stereocenters. The van der Waals surface area contributed by atoms with Crippen LogP contribution in [-0.2, 0) is 4.79 Å². The first kappa shape index (κ1) is 21.0. The van der Waals surface area contributed by atoms with Gasteiger partial charge in [-0.05, 0) is 59.1 Å². The summed E-state index contributed by atoms with van der Waals surface area (Å²) in [6.45, 7) is 0.928. The summed E-state index contributed by atoms with van der Waals surface area (Å²) in [6.07, 6.45) is 1.36. The summed E-state index contributed by atoms with van der Waals surface area (Å²) in [5.74, 6) is -1.35. The predicted molar refractivity (Wildman–Crippen MR) is 109 cm³/mol. The SMILES string of the molecule is O=C(c1cc(F)ccc1F)C1CCN(C(=O)CCSc2ccccc2Br)CC1. The van der Waals surface area contributed by atoms with E-state index in [1.807, 2.05) is 24.3 Å². The smallest absolute Gasteiger partial charge is 0.223 e. The zero-order valence-corrected chi connectivity index (χ0v) is 17.6. The van der Waals surface area contributed by atoms with E-state index < -0.39 is 11.6 Å². The maximum absolute atomic E-state index is 13.8. The maximum Gasteiger partial charge on any atom is 0.223 e. The number of ketones is 1. The molecule has 1 aliphatic rings. The van der Waals surface area contributed by atoms with E-state index in [4.69, 9.17) is 0 Å². The molecule has 1 saturated heterocycles. The van der Waals surface area contributed by atoms with Gasteiger partial charge in [0.05, 0.1) is 5.56 Å². The number of thioether (sulfide) groups is 1. The molecule has 1 heterocycles. The number of rotatable bonds is 6. The number of halogens is 3. The Morgan fingerprint density at radius 2 is 1.82 bits per heavy atom. The summed E-state index contributed by atoms with van der Waals surface area (Å²) in [5, 5.41) is 0. The van der Waals surface area contributed by atoms with Crippen LogP contribution in [0.4, 0.5) is 8.78 Å². The number of likely N-dealkylation sites (tertiary alicyclic amines) is 1. The predicted octanol–water partition coefficient (Wildman–Crippen LogP) is 5.33. The topological polar surface area (TPSA) is 37.4 Å². The minimum Gasteiger partial charge on any atom is -0.343 e. The van der Waals surface area contributed by atoms with Gasteiger partial charge in [-0.2, -0.15) is 0 Å². The highest BCUT2D eigenvalue weighted by Gasteiger charge is 2.29. The van der Waals surface area contributed by atoms with Crippen molar-refractivity contribution in [2.75, 3.05) is 18.8 Å². The number of hydrogen-bond acceptors (Lipinski definition) is 3. The van der Waals surface area contributed by atoms with Crippen molar-refractivity contribution in [1.29, 1.82) is 0 Å². The molecule has 1 fully saturated rings. The molecule has 0 spiro atoms. The van der Waals surface area contributed by atoms with Gasteiger partial charge < -0.3 is 4.90 Å². The van der Waals surface area contributed by atoms with Crippen LogP contribution in [0.25, 0.3) is 0 Å². The molecule has 0 unspecified atom stereocenters. The molecule has 3 rings (SSSR count). The third-order valence-electron chi connectivity index (χ3n) is 4.82. The van der Waals surface area contributed by atoms with Crippen molar-refractivity contribution < 1.29 is 18.4 Å². The highest BCUT2D eigenvalue weighted by Crippen LogP contribution is 2.28. The van der Waals surface area contributed by atoms with Crippen LogP contribution in [0.5, 0.6) is 0 Å². The standard InChI is InChI=1S/C21H20BrF2NO2S/c22-17-3-1-2-4-19(17)28-12-9-20(26)25-10-7-14(8-11-25)21(27)16-13-15(23)5-6-18(16)24/h1-6,13-14H,7-12H2. The number of carbonyl (C=O) groups is 2. The molecule has 2 aromatic rings. The van der Waals surface area contributed by atoms with E-state index in [2.05, 4.69) is 15.9 Å². The van der Waals surface area contributed by atoms with Crippen LogP contribution in [0.2, 0.25) is 0 Å². The number of benzene rings is 2. The van der Waals surface area contributed by atoms with Gasteiger partial charge in [-0.3, -0.25) is 9.59 Å². The second-order valence-corrected chi connectivity index (χ2v) is 8.66. The number of piperidine rings is 1. The first-order valence-corrected chi connectivity index (χ1v) is 10.9. The summed E-state index contributed by atoms with van der Waals surface area (Å²) in [6, 6.07) is 10.8. The lowest BCUT2D eigenvalue weighted by Gasteiger charge is -2.31. The van der Waals surface area contributed by atoms with Crippen LogP contribution in [0.3, 0.4) is 0 Å². The Bertz CT molecular complexity index is 869. The van der Waals surface area contributed by atoms with Gasteiger partial charge in [-0.25, -0.2) is 8.78 Å². The number of carbonyl (C=O) groups excluding carboxylic acids is 2. The lowest BCUT2D eigenvalue weighted by Crippen LogP contribution is -2.40. The molecule has 28 heavy (non-hydrogen) atoms.